The molecule has 0 saturated carbocycles. The second-order valence-corrected chi connectivity index (χ2v) is 7.69. The summed E-state index contributed by atoms with van der Waals surface area (Å²) < 4.78 is 8.22. The van der Waals surface area contributed by atoms with Crippen molar-refractivity contribution >= 4 is 44.7 Å². The predicted octanol–water partition coefficient (Wildman–Crippen LogP) is 2.62. The fourth-order valence-corrected chi connectivity index (χ4v) is 3.70. The Kier molecular flexibility index (Phi) is 5.39. The van der Waals surface area contributed by atoms with Crippen LogP contribution in [0.2, 0.25) is 0 Å². The number of rotatable bonds is 7. The fraction of sp³-hybridized carbons (Fsp3) is 0.250. The predicted molar refractivity (Wildman–Crippen MR) is 109 cm³/mol. The number of aromatic nitrogens is 1. The van der Waals surface area contributed by atoms with Crippen LogP contribution in [0.1, 0.15) is 12.2 Å². The summed E-state index contributed by atoms with van der Waals surface area (Å²) in [6, 6.07) is 10.0. The third-order valence-corrected chi connectivity index (χ3v) is 5.29. The first-order chi connectivity index (χ1) is 14.0. The molecule has 1 aromatic carbocycles. The lowest BCUT2D eigenvalue weighted by Gasteiger charge is -2.12. The Labute approximate surface area is 175 Å². The van der Waals surface area contributed by atoms with Gasteiger partial charge in [-0.25, -0.2) is 4.79 Å². The van der Waals surface area contributed by atoms with Crippen LogP contribution in [0.25, 0.3) is 10.9 Å². The fourth-order valence-electron chi connectivity index (χ4n) is 3.35. The van der Waals surface area contributed by atoms with Crippen LogP contribution in [0.5, 0.6) is 0 Å². The zero-order valence-electron chi connectivity index (χ0n) is 15.4. The quantitative estimate of drug-likeness (QED) is 0.531. The highest BCUT2D eigenvalue weighted by Gasteiger charge is 2.39. The molecule has 1 aliphatic heterocycles. The van der Waals surface area contributed by atoms with Crippen molar-refractivity contribution in [2.75, 3.05) is 6.54 Å². The molecule has 4 amide bonds. The minimum atomic E-state index is -0.860. The Hall–Kier alpha value is -3.07. The molecule has 1 atom stereocenters. The maximum atomic E-state index is 12.4. The van der Waals surface area contributed by atoms with E-state index in [1.165, 1.54) is 6.26 Å². The first kappa shape index (κ1) is 19.3. The number of carbonyl (C=O) groups is 3. The summed E-state index contributed by atoms with van der Waals surface area (Å²) in [6.45, 7) is 1.06. The first-order valence-electron chi connectivity index (χ1n) is 9.16. The van der Waals surface area contributed by atoms with Gasteiger partial charge in [0.15, 0.2) is 0 Å². The number of carbonyl (C=O) groups excluding carboxylic acids is 3. The van der Waals surface area contributed by atoms with Gasteiger partial charge in [0.2, 0.25) is 5.91 Å². The number of halogens is 1. The molecule has 0 spiro atoms. The monoisotopic (exact) mass is 458 g/mol. The molecule has 0 bridgehead atoms. The molecule has 3 aromatic rings. The van der Waals surface area contributed by atoms with E-state index in [2.05, 4.69) is 26.6 Å². The Morgan fingerprint density at radius 3 is 2.90 bits per heavy atom. The average Bonchev–Trinajstić information content (AvgIpc) is 3.40. The highest BCUT2D eigenvalue weighted by Crippen LogP contribution is 2.20. The molecule has 2 N–H and O–H groups in total. The summed E-state index contributed by atoms with van der Waals surface area (Å²) in [5.74, 6) is -0.215. The summed E-state index contributed by atoms with van der Waals surface area (Å²) in [5.41, 5.74) is 1.07. The molecule has 0 aliphatic carbocycles. The van der Waals surface area contributed by atoms with Crippen molar-refractivity contribution in [1.29, 1.82) is 0 Å². The van der Waals surface area contributed by atoms with Gasteiger partial charge in [-0.15, -0.1) is 0 Å². The van der Waals surface area contributed by atoms with Gasteiger partial charge in [0.05, 0.1) is 19.2 Å². The van der Waals surface area contributed by atoms with Crippen molar-refractivity contribution < 1.29 is 18.8 Å². The minimum absolute atomic E-state index is 0.0477. The van der Waals surface area contributed by atoms with Gasteiger partial charge in [-0.05, 0) is 35.7 Å². The van der Waals surface area contributed by atoms with Crippen molar-refractivity contribution in [1.82, 2.24) is 20.1 Å². The zero-order chi connectivity index (χ0) is 20.4. The summed E-state index contributed by atoms with van der Waals surface area (Å²) >= 11 is 3.47. The number of urea groups is 1. The van der Waals surface area contributed by atoms with Crippen LogP contribution >= 0.6 is 15.9 Å². The number of benzene rings is 1. The highest BCUT2D eigenvalue weighted by molar-refractivity contribution is 9.10. The largest absolute Gasteiger partial charge is 0.467 e. The van der Waals surface area contributed by atoms with Crippen LogP contribution in [0.3, 0.4) is 0 Å². The lowest BCUT2D eigenvalue weighted by atomic mass is 10.2. The molecule has 3 heterocycles. The molecule has 150 valence electrons. The van der Waals surface area contributed by atoms with Gasteiger partial charge in [0.25, 0.3) is 5.91 Å². The van der Waals surface area contributed by atoms with E-state index >= 15 is 0 Å². The zero-order valence-corrected chi connectivity index (χ0v) is 17.0. The molecule has 1 fully saturated rings. The normalized spacial score (nSPS) is 16.4. The maximum Gasteiger partial charge on any atom is 0.325 e. The van der Waals surface area contributed by atoms with Crippen LogP contribution in [-0.4, -0.2) is 39.9 Å². The molecular formula is C20H19BrN4O4. The molecule has 1 aliphatic rings. The van der Waals surface area contributed by atoms with E-state index in [-0.39, 0.29) is 18.9 Å². The van der Waals surface area contributed by atoms with Gasteiger partial charge >= 0.3 is 6.03 Å². The maximum absolute atomic E-state index is 12.4. The smallest absolute Gasteiger partial charge is 0.325 e. The summed E-state index contributed by atoms with van der Waals surface area (Å²) in [4.78, 5) is 37.8. The van der Waals surface area contributed by atoms with Crippen LogP contribution in [0, 0.1) is 0 Å². The Bertz CT molecular complexity index is 1060. The molecule has 8 nitrogen and oxygen atoms in total. The van der Waals surface area contributed by atoms with E-state index in [1.807, 2.05) is 35.0 Å². The lowest BCUT2D eigenvalue weighted by Crippen LogP contribution is -2.37. The van der Waals surface area contributed by atoms with Crippen molar-refractivity contribution in [2.24, 2.45) is 0 Å². The van der Waals surface area contributed by atoms with Crippen molar-refractivity contribution in [3.63, 3.8) is 0 Å². The van der Waals surface area contributed by atoms with E-state index in [1.54, 1.807) is 12.1 Å². The Morgan fingerprint density at radius 1 is 1.24 bits per heavy atom. The van der Waals surface area contributed by atoms with E-state index in [0.29, 0.717) is 18.8 Å². The molecule has 0 radical (unpaired) electrons. The van der Waals surface area contributed by atoms with Gasteiger partial charge < -0.3 is 19.6 Å². The van der Waals surface area contributed by atoms with Gasteiger partial charge in [-0.2, -0.15) is 0 Å². The van der Waals surface area contributed by atoms with Crippen molar-refractivity contribution in [3.8, 4) is 0 Å². The summed E-state index contributed by atoms with van der Waals surface area (Å²) in [6.07, 6.45) is 3.35. The van der Waals surface area contributed by atoms with E-state index in [9.17, 15) is 14.4 Å². The van der Waals surface area contributed by atoms with Crippen molar-refractivity contribution in [2.45, 2.75) is 25.6 Å². The van der Waals surface area contributed by atoms with Crippen LogP contribution in [-0.2, 0) is 22.7 Å². The van der Waals surface area contributed by atoms with Gasteiger partial charge in [0, 0.05) is 29.3 Å². The lowest BCUT2D eigenvalue weighted by molar-refractivity contribution is -0.131. The van der Waals surface area contributed by atoms with E-state index in [4.69, 9.17) is 4.42 Å². The SMILES string of the molecule is O=C(C[C@@H]1NC(=O)N(Cc2ccco2)C1=O)NCCn1ccc2ccc(Br)cc21. The molecule has 29 heavy (non-hydrogen) atoms. The topological polar surface area (TPSA) is 96.6 Å². The van der Waals surface area contributed by atoms with E-state index < -0.39 is 18.0 Å². The third kappa shape index (κ3) is 4.19. The number of imide groups is 1. The molecular weight excluding hydrogens is 440 g/mol. The summed E-state index contributed by atoms with van der Waals surface area (Å²) in [7, 11) is 0. The number of amides is 4. The number of nitrogens with zero attached hydrogens (tertiary/aromatic N) is 2. The molecule has 1 saturated heterocycles. The molecule has 2 aromatic heterocycles. The standard InChI is InChI=1S/C20H19BrN4O4/c21-14-4-3-13-5-7-24(17(13)10-14)8-6-22-18(26)11-16-19(27)25(20(28)23-16)12-15-2-1-9-29-15/h1-5,7,9-10,16H,6,8,11-12H2,(H,22,26)(H,23,28)/t16-/m0/s1. The second kappa shape index (κ2) is 8.12. The number of nitrogens with one attached hydrogen (secondary N) is 2. The molecule has 0 unspecified atom stereocenters. The van der Waals surface area contributed by atoms with Crippen molar-refractivity contribution in [3.05, 3.63) is 59.1 Å². The van der Waals surface area contributed by atoms with Gasteiger partial charge in [0.1, 0.15) is 11.8 Å². The van der Waals surface area contributed by atoms with E-state index in [0.717, 1.165) is 20.3 Å². The minimum Gasteiger partial charge on any atom is -0.467 e. The van der Waals surface area contributed by atoms with Crippen LogP contribution in [0.4, 0.5) is 4.79 Å². The second-order valence-electron chi connectivity index (χ2n) is 6.77. The number of hydrogen-bond donors (Lipinski definition) is 2. The number of hydrogen-bond acceptors (Lipinski definition) is 4. The molecule has 9 heteroatoms. The average molecular weight is 459 g/mol. The van der Waals surface area contributed by atoms with Crippen LogP contribution in [0.15, 0.2) is 57.7 Å². The summed E-state index contributed by atoms with van der Waals surface area (Å²) in [5, 5.41) is 6.49. The Morgan fingerprint density at radius 2 is 2.10 bits per heavy atom. The first-order valence-corrected chi connectivity index (χ1v) is 9.96. The third-order valence-electron chi connectivity index (χ3n) is 4.80. The van der Waals surface area contributed by atoms with Crippen LogP contribution < -0.4 is 10.6 Å². The number of furan rings is 1. The molecule has 4 rings (SSSR count). The Balaban J connectivity index is 1.29. The van der Waals surface area contributed by atoms with Gasteiger partial charge in [-0.1, -0.05) is 22.0 Å². The highest BCUT2D eigenvalue weighted by atomic mass is 79.9. The van der Waals surface area contributed by atoms with Gasteiger partial charge in [-0.3, -0.25) is 14.5 Å². The number of fused-ring (bicyclic) bond motifs is 1.